The van der Waals surface area contributed by atoms with Gasteiger partial charge in [-0.1, -0.05) is 12.0 Å². The maximum atomic E-state index is 12.0. The minimum absolute atomic E-state index is 0.147. The van der Waals surface area contributed by atoms with Gasteiger partial charge in [0.25, 0.3) is 0 Å². The van der Waals surface area contributed by atoms with Gasteiger partial charge < -0.3 is 25.0 Å². The molecule has 0 radical (unpaired) electrons. The number of methoxy groups -OCH3 is 1. The summed E-state index contributed by atoms with van der Waals surface area (Å²) in [6.07, 6.45) is 7.18. The van der Waals surface area contributed by atoms with E-state index in [1.165, 1.54) is 0 Å². The van der Waals surface area contributed by atoms with Crippen LogP contribution in [0, 0.1) is 12.3 Å². The van der Waals surface area contributed by atoms with Gasteiger partial charge in [-0.15, -0.1) is 6.42 Å². The zero-order valence-corrected chi connectivity index (χ0v) is 14.3. The van der Waals surface area contributed by atoms with Gasteiger partial charge in [-0.05, 0) is 50.7 Å². The molecule has 0 atom stereocenters. The van der Waals surface area contributed by atoms with Crippen molar-refractivity contribution < 1.29 is 14.3 Å². The molecule has 0 bridgehead atoms. The minimum Gasteiger partial charge on any atom is -0.493 e. The first kappa shape index (κ1) is 18.0. The van der Waals surface area contributed by atoms with Crippen LogP contribution in [0.3, 0.4) is 0 Å². The summed E-state index contributed by atoms with van der Waals surface area (Å²) in [5, 5.41) is 5.90. The zero-order chi connectivity index (χ0) is 17.4. The lowest BCUT2D eigenvalue weighted by Gasteiger charge is -2.29. The van der Waals surface area contributed by atoms with Crippen molar-refractivity contribution in [3.05, 3.63) is 23.8 Å². The molecule has 1 saturated heterocycles. The molecule has 1 fully saturated rings. The number of nitrogens with one attached hydrogen (secondary N) is 2. The zero-order valence-electron chi connectivity index (χ0n) is 14.3. The Morgan fingerprint density at radius 2 is 2.12 bits per heavy atom. The van der Waals surface area contributed by atoms with Crippen molar-refractivity contribution in [1.82, 2.24) is 15.5 Å². The number of nitrogens with zero attached hydrogens (tertiary/aromatic N) is 1. The molecule has 1 aromatic rings. The molecule has 0 aromatic heterocycles. The molecule has 0 spiro atoms. The lowest BCUT2D eigenvalue weighted by atomic mass is 10.1. The number of hydrogen-bond donors (Lipinski definition) is 2. The average molecular weight is 331 g/mol. The third-order valence-electron chi connectivity index (χ3n) is 4.05. The Balaban J connectivity index is 1.84. The van der Waals surface area contributed by atoms with Gasteiger partial charge in [0.05, 0.1) is 7.11 Å². The van der Waals surface area contributed by atoms with Gasteiger partial charge in [0.2, 0.25) is 0 Å². The SMILES string of the molecule is C#CCOc1cc(CNC(=O)NC2CCN(C)CC2)ccc1OC. The van der Waals surface area contributed by atoms with E-state index in [-0.39, 0.29) is 18.7 Å². The van der Waals surface area contributed by atoms with Crippen molar-refractivity contribution in [2.75, 3.05) is 33.9 Å². The minimum atomic E-state index is -0.147. The smallest absolute Gasteiger partial charge is 0.315 e. The molecule has 1 aromatic carbocycles. The van der Waals surface area contributed by atoms with Crippen molar-refractivity contribution in [3.8, 4) is 23.8 Å². The van der Waals surface area contributed by atoms with Gasteiger partial charge in [0.1, 0.15) is 6.61 Å². The summed E-state index contributed by atoms with van der Waals surface area (Å²) in [5.41, 5.74) is 0.918. The number of likely N-dealkylation sites (tertiary alicyclic amines) is 1. The van der Waals surface area contributed by atoms with Crippen molar-refractivity contribution in [2.24, 2.45) is 0 Å². The molecule has 1 aliphatic heterocycles. The van der Waals surface area contributed by atoms with Gasteiger partial charge in [0.15, 0.2) is 11.5 Å². The third kappa shape index (κ3) is 5.36. The quantitative estimate of drug-likeness (QED) is 0.777. The van der Waals surface area contributed by atoms with E-state index in [0.29, 0.717) is 18.0 Å². The highest BCUT2D eigenvalue weighted by molar-refractivity contribution is 5.74. The van der Waals surface area contributed by atoms with Gasteiger partial charge >= 0.3 is 6.03 Å². The molecular formula is C18H25N3O3. The molecule has 24 heavy (non-hydrogen) atoms. The molecule has 6 heteroatoms. The molecule has 2 amide bonds. The highest BCUT2D eigenvalue weighted by Gasteiger charge is 2.18. The van der Waals surface area contributed by atoms with E-state index in [0.717, 1.165) is 31.5 Å². The summed E-state index contributed by atoms with van der Waals surface area (Å²) < 4.78 is 10.7. The highest BCUT2D eigenvalue weighted by Crippen LogP contribution is 2.27. The van der Waals surface area contributed by atoms with Gasteiger partial charge in [-0.3, -0.25) is 0 Å². The van der Waals surface area contributed by atoms with E-state index >= 15 is 0 Å². The maximum Gasteiger partial charge on any atom is 0.315 e. The summed E-state index contributed by atoms with van der Waals surface area (Å²) in [5.74, 6) is 3.61. The van der Waals surface area contributed by atoms with E-state index in [1.54, 1.807) is 13.2 Å². The van der Waals surface area contributed by atoms with Crippen LogP contribution >= 0.6 is 0 Å². The number of carbonyl (C=O) groups is 1. The van der Waals surface area contributed by atoms with Crippen LogP contribution in [0.5, 0.6) is 11.5 Å². The van der Waals surface area contributed by atoms with E-state index in [1.807, 2.05) is 12.1 Å². The highest BCUT2D eigenvalue weighted by atomic mass is 16.5. The standard InChI is InChI=1S/C18H25N3O3/c1-4-11-24-17-12-14(5-6-16(17)23-3)13-19-18(22)20-15-7-9-21(2)10-8-15/h1,5-6,12,15H,7-11,13H2,2-3H3,(H2,19,20,22). The second-order valence-corrected chi connectivity index (χ2v) is 5.88. The first-order valence-electron chi connectivity index (χ1n) is 8.08. The van der Waals surface area contributed by atoms with Crippen LogP contribution < -0.4 is 20.1 Å². The Hall–Kier alpha value is -2.39. The molecular weight excluding hydrogens is 306 g/mol. The number of amides is 2. The molecule has 2 rings (SSSR count). The number of benzene rings is 1. The second-order valence-electron chi connectivity index (χ2n) is 5.88. The molecule has 1 aliphatic rings. The number of urea groups is 1. The Kier molecular flexibility index (Phi) is 6.76. The summed E-state index contributed by atoms with van der Waals surface area (Å²) in [4.78, 5) is 14.3. The van der Waals surface area contributed by atoms with Crippen LogP contribution in [0.2, 0.25) is 0 Å². The Morgan fingerprint density at radius 1 is 1.38 bits per heavy atom. The fourth-order valence-electron chi connectivity index (χ4n) is 2.63. The Morgan fingerprint density at radius 3 is 2.79 bits per heavy atom. The molecule has 130 valence electrons. The summed E-state index contributed by atoms with van der Waals surface area (Å²) in [6, 6.07) is 5.61. The molecule has 0 aliphatic carbocycles. The largest absolute Gasteiger partial charge is 0.493 e. The number of rotatable bonds is 6. The molecule has 0 unspecified atom stereocenters. The molecule has 1 heterocycles. The van der Waals surface area contributed by atoms with Crippen LogP contribution in [0.4, 0.5) is 4.79 Å². The van der Waals surface area contributed by atoms with E-state index < -0.39 is 0 Å². The predicted molar refractivity (Wildman–Crippen MR) is 93.2 cm³/mol. The maximum absolute atomic E-state index is 12.0. The summed E-state index contributed by atoms with van der Waals surface area (Å²) >= 11 is 0. The fraction of sp³-hybridized carbons (Fsp3) is 0.500. The second kappa shape index (κ2) is 9.04. The van der Waals surface area contributed by atoms with Crippen molar-refractivity contribution >= 4 is 6.03 Å². The van der Waals surface area contributed by atoms with Gasteiger partial charge in [-0.2, -0.15) is 0 Å². The van der Waals surface area contributed by atoms with E-state index in [9.17, 15) is 4.79 Å². The fourth-order valence-corrected chi connectivity index (χ4v) is 2.63. The van der Waals surface area contributed by atoms with E-state index in [4.69, 9.17) is 15.9 Å². The lowest BCUT2D eigenvalue weighted by molar-refractivity contribution is 0.213. The van der Waals surface area contributed by atoms with Crippen molar-refractivity contribution in [2.45, 2.75) is 25.4 Å². The van der Waals surface area contributed by atoms with Gasteiger partial charge in [0, 0.05) is 12.6 Å². The average Bonchev–Trinajstić information content (AvgIpc) is 2.60. The number of hydrogen-bond acceptors (Lipinski definition) is 4. The summed E-state index contributed by atoms with van der Waals surface area (Å²) in [7, 11) is 3.67. The lowest BCUT2D eigenvalue weighted by Crippen LogP contribution is -2.46. The summed E-state index contributed by atoms with van der Waals surface area (Å²) in [6.45, 7) is 2.61. The van der Waals surface area contributed by atoms with Crippen LogP contribution in [0.25, 0.3) is 0 Å². The monoisotopic (exact) mass is 331 g/mol. The number of terminal acetylenes is 1. The van der Waals surface area contributed by atoms with Crippen molar-refractivity contribution in [3.63, 3.8) is 0 Å². The van der Waals surface area contributed by atoms with Crippen LogP contribution in [-0.2, 0) is 6.54 Å². The van der Waals surface area contributed by atoms with Crippen LogP contribution in [0.1, 0.15) is 18.4 Å². The van der Waals surface area contributed by atoms with E-state index in [2.05, 4.69) is 28.5 Å². The van der Waals surface area contributed by atoms with Gasteiger partial charge in [-0.25, -0.2) is 4.79 Å². The Bertz CT molecular complexity index is 590. The first-order chi connectivity index (χ1) is 11.6. The topological polar surface area (TPSA) is 62.8 Å². The van der Waals surface area contributed by atoms with Crippen LogP contribution in [0.15, 0.2) is 18.2 Å². The molecule has 2 N–H and O–H groups in total. The molecule has 0 saturated carbocycles. The normalized spacial score (nSPS) is 15.4. The number of carbonyl (C=O) groups excluding carboxylic acids is 1. The number of piperidine rings is 1. The Labute approximate surface area is 143 Å². The van der Waals surface area contributed by atoms with Crippen molar-refractivity contribution in [1.29, 1.82) is 0 Å². The third-order valence-corrected chi connectivity index (χ3v) is 4.05. The van der Waals surface area contributed by atoms with Crippen LogP contribution in [-0.4, -0.2) is 50.8 Å². The first-order valence-corrected chi connectivity index (χ1v) is 8.08. The predicted octanol–water partition coefficient (Wildman–Crippen LogP) is 1.60. The number of ether oxygens (including phenoxy) is 2. The molecule has 6 nitrogen and oxygen atoms in total.